The zero-order valence-electron chi connectivity index (χ0n) is 11.1. The summed E-state index contributed by atoms with van der Waals surface area (Å²) in [6, 6.07) is 0. The topological polar surface area (TPSA) is 92.5 Å². The highest BCUT2D eigenvalue weighted by Gasteiger charge is 2.49. The van der Waals surface area contributed by atoms with Gasteiger partial charge in [-0.1, -0.05) is 6.42 Å². The summed E-state index contributed by atoms with van der Waals surface area (Å²) in [6.45, 7) is -0.0111. The van der Waals surface area contributed by atoms with Crippen LogP contribution in [0.15, 0.2) is 6.20 Å². The molecule has 106 valence electrons. The maximum atomic E-state index is 12.2. The number of hydrogen-bond acceptors (Lipinski definition) is 4. The molecule has 0 aromatic carbocycles. The summed E-state index contributed by atoms with van der Waals surface area (Å²) in [4.78, 5) is 36.8. The van der Waals surface area contributed by atoms with E-state index in [-0.39, 0.29) is 35.8 Å². The van der Waals surface area contributed by atoms with Crippen LogP contribution < -0.4 is 0 Å². The van der Waals surface area contributed by atoms with Crippen molar-refractivity contribution in [2.45, 2.75) is 25.8 Å². The first kappa shape index (κ1) is 12.8. The second kappa shape index (κ2) is 4.43. The molecule has 1 aliphatic carbocycles. The Labute approximate surface area is 115 Å². The second-order valence-corrected chi connectivity index (χ2v) is 5.34. The second-order valence-electron chi connectivity index (χ2n) is 5.34. The van der Waals surface area contributed by atoms with E-state index in [0.29, 0.717) is 5.69 Å². The Morgan fingerprint density at radius 1 is 1.35 bits per heavy atom. The monoisotopic (exact) mass is 277 g/mol. The molecule has 1 N–H and O–H groups in total. The highest BCUT2D eigenvalue weighted by Crippen LogP contribution is 2.40. The molecule has 2 atom stereocenters. The molecule has 1 aromatic heterocycles. The van der Waals surface area contributed by atoms with Gasteiger partial charge in [-0.2, -0.15) is 5.10 Å². The lowest BCUT2D eigenvalue weighted by Crippen LogP contribution is -2.32. The van der Waals surface area contributed by atoms with Gasteiger partial charge >= 0.3 is 5.97 Å². The van der Waals surface area contributed by atoms with Crippen molar-refractivity contribution in [2.75, 3.05) is 0 Å². The molecule has 2 fully saturated rings. The van der Waals surface area contributed by atoms with E-state index in [1.807, 2.05) is 0 Å². The molecule has 1 saturated heterocycles. The van der Waals surface area contributed by atoms with Gasteiger partial charge in [-0.25, -0.2) is 4.79 Å². The largest absolute Gasteiger partial charge is 0.478 e. The molecule has 0 spiro atoms. The SMILES string of the molecule is Cn1ncc(C(=O)O)c1CN1C(=O)C2CCCC2C1=O. The molecule has 0 radical (unpaired) electrons. The van der Waals surface area contributed by atoms with E-state index < -0.39 is 5.97 Å². The first-order valence-electron chi connectivity index (χ1n) is 6.60. The number of carbonyl (C=O) groups is 3. The Kier molecular flexibility index (Phi) is 2.84. The number of hydrogen-bond donors (Lipinski definition) is 1. The Balaban J connectivity index is 1.89. The van der Waals surface area contributed by atoms with E-state index in [4.69, 9.17) is 5.11 Å². The molecule has 1 aliphatic heterocycles. The smallest absolute Gasteiger partial charge is 0.339 e. The van der Waals surface area contributed by atoms with Gasteiger partial charge in [0.1, 0.15) is 5.56 Å². The minimum absolute atomic E-state index is 0.0111. The van der Waals surface area contributed by atoms with Gasteiger partial charge in [0, 0.05) is 7.05 Å². The Morgan fingerprint density at radius 3 is 2.50 bits per heavy atom. The summed E-state index contributed by atoms with van der Waals surface area (Å²) >= 11 is 0. The minimum Gasteiger partial charge on any atom is -0.478 e. The fraction of sp³-hybridized carbons (Fsp3) is 0.538. The Bertz CT molecular complexity index is 585. The number of imide groups is 1. The summed E-state index contributed by atoms with van der Waals surface area (Å²) in [6.07, 6.45) is 3.65. The van der Waals surface area contributed by atoms with Crippen molar-refractivity contribution in [1.29, 1.82) is 0 Å². The molecule has 1 aromatic rings. The number of aromatic carboxylic acids is 1. The van der Waals surface area contributed by atoms with Crippen LogP contribution in [0.1, 0.15) is 35.3 Å². The molecule has 0 bridgehead atoms. The van der Waals surface area contributed by atoms with Crippen molar-refractivity contribution in [2.24, 2.45) is 18.9 Å². The quantitative estimate of drug-likeness (QED) is 0.807. The van der Waals surface area contributed by atoms with Gasteiger partial charge in [0.15, 0.2) is 0 Å². The predicted molar refractivity (Wildman–Crippen MR) is 66.6 cm³/mol. The number of likely N-dealkylation sites (tertiary alicyclic amines) is 1. The lowest BCUT2D eigenvalue weighted by molar-refractivity contribution is -0.141. The van der Waals surface area contributed by atoms with Gasteiger partial charge in [0.25, 0.3) is 0 Å². The average Bonchev–Trinajstić information content (AvgIpc) is 3.05. The van der Waals surface area contributed by atoms with Crippen LogP contribution in [-0.2, 0) is 23.2 Å². The molecule has 2 heterocycles. The van der Waals surface area contributed by atoms with Gasteiger partial charge in [-0.15, -0.1) is 0 Å². The van der Waals surface area contributed by atoms with Crippen LogP contribution in [0.5, 0.6) is 0 Å². The van der Waals surface area contributed by atoms with Crippen molar-refractivity contribution >= 4 is 17.8 Å². The normalized spacial score (nSPS) is 25.4. The molecule has 3 rings (SSSR count). The summed E-state index contributed by atoms with van der Waals surface area (Å²) in [5.74, 6) is -1.86. The van der Waals surface area contributed by atoms with Gasteiger partial charge in [-0.05, 0) is 12.8 Å². The predicted octanol–water partition coefficient (Wildman–Crippen LogP) is 0.403. The molecule has 2 amide bonds. The first-order chi connectivity index (χ1) is 9.50. The number of carbonyl (C=O) groups excluding carboxylic acids is 2. The van der Waals surface area contributed by atoms with Crippen molar-refractivity contribution in [3.63, 3.8) is 0 Å². The third-order valence-electron chi connectivity index (χ3n) is 4.28. The first-order valence-corrected chi connectivity index (χ1v) is 6.60. The van der Waals surface area contributed by atoms with E-state index in [1.165, 1.54) is 15.8 Å². The van der Waals surface area contributed by atoms with Crippen LogP contribution in [-0.4, -0.2) is 37.6 Å². The third-order valence-corrected chi connectivity index (χ3v) is 4.28. The number of fused-ring (bicyclic) bond motifs is 1. The van der Waals surface area contributed by atoms with Crippen LogP contribution in [0.4, 0.5) is 0 Å². The molecule has 7 heteroatoms. The lowest BCUT2D eigenvalue weighted by Gasteiger charge is -2.16. The number of carboxylic acid groups (broad SMARTS) is 1. The van der Waals surface area contributed by atoms with E-state index in [2.05, 4.69) is 5.10 Å². The van der Waals surface area contributed by atoms with Gasteiger partial charge in [0.05, 0.1) is 30.3 Å². The van der Waals surface area contributed by atoms with Gasteiger partial charge in [-0.3, -0.25) is 19.2 Å². The van der Waals surface area contributed by atoms with Crippen LogP contribution >= 0.6 is 0 Å². The van der Waals surface area contributed by atoms with Crippen molar-refractivity contribution in [3.05, 3.63) is 17.5 Å². The highest BCUT2D eigenvalue weighted by atomic mass is 16.4. The minimum atomic E-state index is -1.10. The number of aryl methyl sites for hydroxylation is 1. The fourth-order valence-electron chi connectivity index (χ4n) is 3.19. The Hall–Kier alpha value is -2.18. The number of aromatic nitrogens is 2. The number of amides is 2. The van der Waals surface area contributed by atoms with E-state index >= 15 is 0 Å². The number of carboxylic acids is 1. The molecule has 20 heavy (non-hydrogen) atoms. The standard InChI is InChI=1S/C13H15N3O4/c1-15-10(9(5-14-15)13(19)20)6-16-11(17)7-3-2-4-8(7)12(16)18/h5,7-8H,2-4,6H2,1H3,(H,19,20). The van der Waals surface area contributed by atoms with E-state index in [1.54, 1.807) is 7.05 Å². The lowest BCUT2D eigenvalue weighted by atomic mass is 10.00. The number of nitrogens with zero attached hydrogens (tertiary/aromatic N) is 3. The van der Waals surface area contributed by atoms with Crippen LogP contribution in [0.25, 0.3) is 0 Å². The van der Waals surface area contributed by atoms with Crippen molar-refractivity contribution in [3.8, 4) is 0 Å². The maximum Gasteiger partial charge on any atom is 0.339 e. The summed E-state index contributed by atoms with van der Waals surface area (Å²) in [7, 11) is 1.60. The van der Waals surface area contributed by atoms with Crippen LogP contribution in [0, 0.1) is 11.8 Å². The molecule has 7 nitrogen and oxygen atoms in total. The summed E-state index contributed by atoms with van der Waals surface area (Å²) < 4.78 is 1.40. The van der Waals surface area contributed by atoms with Crippen LogP contribution in [0.2, 0.25) is 0 Å². The molecule has 2 aliphatic rings. The number of rotatable bonds is 3. The third kappa shape index (κ3) is 1.73. The van der Waals surface area contributed by atoms with Crippen LogP contribution in [0.3, 0.4) is 0 Å². The molecular weight excluding hydrogens is 262 g/mol. The van der Waals surface area contributed by atoms with E-state index in [9.17, 15) is 14.4 Å². The Morgan fingerprint density at radius 2 is 1.95 bits per heavy atom. The van der Waals surface area contributed by atoms with E-state index in [0.717, 1.165) is 19.3 Å². The molecular formula is C13H15N3O4. The van der Waals surface area contributed by atoms with Gasteiger partial charge < -0.3 is 5.11 Å². The van der Waals surface area contributed by atoms with Crippen molar-refractivity contribution in [1.82, 2.24) is 14.7 Å². The van der Waals surface area contributed by atoms with Gasteiger partial charge in [0.2, 0.25) is 11.8 Å². The zero-order valence-corrected chi connectivity index (χ0v) is 11.1. The molecule has 2 unspecified atom stereocenters. The fourth-order valence-corrected chi connectivity index (χ4v) is 3.19. The maximum absolute atomic E-state index is 12.2. The summed E-state index contributed by atoms with van der Waals surface area (Å²) in [5.41, 5.74) is 0.407. The van der Waals surface area contributed by atoms with Crippen molar-refractivity contribution < 1.29 is 19.5 Å². The highest BCUT2D eigenvalue weighted by molar-refractivity contribution is 6.05. The zero-order chi connectivity index (χ0) is 14.4. The average molecular weight is 277 g/mol. The molecule has 1 saturated carbocycles. The summed E-state index contributed by atoms with van der Waals surface area (Å²) in [5, 5.41) is 13.0.